The van der Waals surface area contributed by atoms with Gasteiger partial charge in [-0.1, -0.05) is 91.0 Å². The lowest BCUT2D eigenvalue weighted by atomic mass is 10.1. The summed E-state index contributed by atoms with van der Waals surface area (Å²) in [5.74, 6) is 0. The quantitative estimate of drug-likeness (QED) is 0.248. The first kappa shape index (κ1) is 29.4. The van der Waals surface area contributed by atoms with Crippen LogP contribution in [0.15, 0.2) is 127 Å². The summed E-state index contributed by atoms with van der Waals surface area (Å²) in [7, 11) is -11.8. The summed E-state index contributed by atoms with van der Waals surface area (Å²) in [5, 5.41) is 34.4. The zero-order chi connectivity index (χ0) is 33.7. The second-order valence-corrected chi connectivity index (χ2v) is 20.2. The number of rotatable bonds is 3. The van der Waals surface area contributed by atoms with Gasteiger partial charge in [0.25, 0.3) is 0 Å². The second kappa shape index (κ2) is 10.1. The third-order valence-corrected chi connectivity index (χ3v) is 18.9. The van der Waals surface area contributed by atoms with E-state index in [-0.39, 0.29) is 16.7 Å². The molecule has 9 rings (SSSR count). The van der Waals surface area contributed by atoms with E-state index in [0.717, 1.165) is 0 Å². The highest BCUT2D eigenvalue weighted by atomic mass is 31.2. The van der Waals surface area contributed by atoms with E-state index in [1.54, 1.807) is 109 Å². The molecule has 3 aliphatic rings. The molecule has 6 aromatic carbocycles. The van der Waals surface area contributed by atoms with Crippen molar-refractivity contribution in [3.05, 3.63) is 144 Å². The van der Waals surface area contributed by atoms with Crippen LogP contribution < -0.4 is 52.6 Å². The van der Waals surface area contributed by atoms with Crippen molar-refractivity contribution in [1.82, 2.24) is 0 Å². The standard InChI is InChI=1S/C39H21N4O3P3/c40-22-25-16-31-37-33(18-25)48(45,29-12-6-2-7-13-29)35-20-27(24-42)21-36-39(35)43(37)38-32(47(31,44)28-10-4-1-5-11-28)17-26(23-41)19-34(38)49(36,46)30-14-8-3-9-15-30/h1-21H. The Labute approximate surface area is 282 Å². The smallest absolute Gasteiger partial charge is 0.175 e. The number of nitriles is 3. The minimum atomic E-state index is -3.93. The Kier molecular flexibility index (Phi) is 6.09. The van der Waals surface area contributed by atoms with Crippen LogP contribution in [-0.2, 0) is 13.7 Å². The lowest BCUT2D eigenvalue weighted by Gasteiger charge is -2.49. The molecule has 0 bridgehead atoms. The first-order chi connectivity index (χ1) is 23.8. The lowest BCUT2D eigenvalue weighted by Crippen LogP contribution is -2.53. The summed E-state index contributed by atoms with van der Waals surface area (Å²) in [6, 6.07) is 42.9. The number of hydrogen-bond donors (Lipinski definition) is 0. The normalized spacial score (nSPS) is 21.9. The van der Waals surface area contributed by atoms with Gasteiger partial charge < -0.3 is 18.6 Å². The number of nitrogens with zero attached hydrogens (tertiary/aromatic N) is 4. The Bertz CT molecular complexity index is 2360. The fourth-order valence-corrected chi connectivity index (χ4v) is 17.1. The molecule has 0 aliphatic carbocycles. The Hall–Kier alpha value is -5.72. The van der Waals surface area contributed by atoms with Crippen molar-refractivity contribution < 1.29 is 13.7 Å². The van der Waals surface area contributed by atoms with Gasteiger partial charge >= 0.3 is 0 Å². The molecule has 0 radical (unpaired) electrons. The number of benzene rings is 6. The Balaban J connectivity index is 1.59. The fraction of sp³-hybridized carbons (Fsp3) is 0. The van der Waals surface area contributed by atoms with E-state index < -0.39 is 21.4 Å². The molecule has 0 saturated carbocycles. The maximum Gasteiger partial charge on any atom is 0.175 e. The summed E-state index contributed by atoms with van der Waals surface area (Å²) in [4.78, 5) is 1.89. The number of hydrogen-bond acceptors (Lipinski definition) is 7. The van der Waals surface area contributed by atoms with Gasteiger partial charge in [0, 0.05) is 47.7 Å². The van der Waals surface area contributed by atoms with Gasteiger partial charge in [0.2, 0.25) is 0 Å². The van der Waals surface area contributed by atoms with Crippen LogP contribution in [0.3, 0.4) is 0 Å². The molecular weight excluding hydrogens is 665 g/mol. The minimum absolute atomic E-state index is 0.174. The Morgan fingerprint density at radius 3 is 0.816 bits per heavy atom. The molecule has 0 saturated heterocycles. The van der Waals surface area contributed by atoms with Crippen LogP contribution in [-0.4, -0.2) is 0 Å². The highest BCUT2D eigenvalue weighted by Gasteiger charge is 2.56. The van der Waals surface area contributed by atoms with Gasteiger partial charge in [-0.2, -0.15) is 15.8 Å². The molecule has 7 nitrogen and oxygen atoms in total. The molecular formula is C39H21N4O3P3. The van der Waals surface area contributed by atoms with Crippen LogP contribution in [0.4, 0.5) is 17.1 Å². The molecule has 0 fully saturated rings. The van der Waals surface area contributed by atoms with E-state index in [1.807, 2.05) is 23.1 Å². The van der Waals surface area contributed by atoms with Crippen molar-refractivity contribution in [2.45, 2.75) is 0 Å². The molecule has 3 heterocycles. The van der Waals surface area contributed by atoms with Gasteiger partial charge in [-0.3, -0.25) is 0 Å². The molecule has 0 spiro atoms. The van der Waals surface area contributed by atoms with Crippen molar-refractivity contribution in [1.29, 1.82) is 15.8 Å². The monoisotopic (exact) mass is 686 g/mol. The zero-order valence-corrected chi connectivity index (χ0v) is 28.2. The Morgan fingerprint density at radius 1 is 0.388 bits per heavy atom. The first-order valence-electron chi connectivity index (χ1n) is 15.3. The molecule has 0 N–H and O–H groups in total. The summed E-state index contributed by atoms with van der Waals surface area (Å²) >= 11 is 0. The summed E-state index contributed by atoms with van der Waals surface area (Å²) < 4.78 is 48.8. The van der Waals surface area contributed by atoms with Gasteiger partial charge in [0.15, 0.2) is 21.4 Å². The molecule has 0 atom stereocenters. The predicted octanol–water partition coefficient (Wildman–Crippen LogP) is 4.63. The van der Waals surface area contributed by atoms with Crippen LogP contribution in [0.2, 0.25) is 0 Å². The van der Waals surface area contributed by atoms with E-state index >= 15 is 13.7 Å². The maximum atomic E-state index is 16.3. The highest BCUT2D eigenvalue weighted by Crippen LogP contribution is 2.65. The van der Waals surface area contributed by atoms with Gasteiger partial charge in [-0.05, 0) is 36.4 Å². The van der Waals surface area contributed by atoms with Crippen molar-refractivity contribution in [3.8, 4) is 18.2 Å². The number of anilines is 3. The average Bonchev–Trinajstić information content (AvgIpc) is 3.17. The van der Waals surface area contributed by atoms with Crippen molar-refractivity contribution >= 4 is 86.2 Å². The second-order valence-electron chi connectivity index (χ2n) is 12.1. The lowest BCUT2D eigenvalue weighted by molar-refractivity contribution is 0.592. The summed E-state index contributed by atoms with van der Waals surface area (Å²) in [6.45, 7) is 0. The molecule has 3 aliphatic heterocycles. The predicted molar refractivity (Wildman–Crippen MR) is 194 cm³/mol. The molecule has 10 heteroatoms. The third kappa shape index (κ3) is 3.59. The van der Waals surface area contributed by atoms with E-state index in [0.29, 0.717) is 64.8 Å². The van der Waals surface area contributed by atoms with Gasteiger partial charge in [-0.25, -0.2) is 0 Å². The molecule has 230 valence electrons. The van der Waals surface area contributed by atoms with Crippen LogP contribution in [0, 0.1) is 34.0 Å². The van der Waals surface area contributed by atoms with E-state index in [9.17, 15) is 15.8 Å². The fourth-order valence-electron chi connectivity index (χ4n) is 7.61. The molecule has 0 aromatic heterocycles. The van der Waals surface area contributed by atoms with Gasteiger partial charge in [0.1, 0.15) is 0 Å². The summed E-state index contributed by atoms with van der Waals surface area (Å²) in [6.07, 6.45) is 0. The molecule has 0 amide bonds. The minimum Gasteiger partial charge on any atom is -0.308 e. The third-order valence-electron chi connectivity index (χ3n) is 9.66. The van der Waals surface area contributed by atoms with Gasteiger partial charge in [0.05, 0.1) is 52.0 Å². The van der Waals surface area contributed by atoms with Crippen LogP contribution in [0.5, 0.6) is 0 Å². The first-order valence-corrected chi connectivity index (χ1v) is 20.5. The highest BCUT2D eigenvalue weighted by molar-refractivity contribution is 7.89. The van der Waals surface area contributed by atoms with Crippen LogP contribution in [0.1, 0.15) is 16.7 Å². The SMILES string of the molecule is N#Cc1cc2c3c(c1)P(=O)(c1ccccc1)c1cc(C#N)cc4c1N3c1c(cc(C#N)cc1P4(=O)c1ccccc1)P2(=O)c1ccccc1. The summed E-state index contributed by atoms with van der Waals surface area (Å²) in [5.41, 5.74) is 1.76. The van der Waals surface area contributed by atoms with E-state index in [1.165, 1.54) is 0 Å². The van der Waals surface area contributed by atoms with Gasteiger partial charge in [-0.15, -0.1) is 0 Å². The Morgan fingerprint density at radius 2 is 0.612 bits per heavy atom. The molecule has 6 aromatic rings. The molecule has 0 unspecified atom stereocenters. The average molecular weight is 687 g/mol. The van der Waals surface area contributed by atoms with Crippen molar-refractivity contribution in [2.24, 2.45) is 0 Å². The van der Waals surface area contributed by atoms with E-state index in [4.69, 9.17) is 0 Å². The maximum absolute atomic E-state index is 16.3. The van der Waals surface area contributed by atoms with Crippen LogP contribution in [0.25, 0.3) is 0 Å². The topological polar surface area (TPSA) is 126 Å². The van der Waals surface area contributed by atoms with Crippen molar-refractivity contribution in [3.63, 3.8) is 0 Å². The van der Waals surface area contributed by atoms with Crippen LogP contribution >= 0.6 is 21.4 Å². The molecule has 49 heavy (non-hydrogen) atoms. The van der Waals surface area contributed by atoms with Crippen molar-refractivity contribution in [2.75, 3.05) is 4.90 Å². The largest absolute Gasteiger partial charge is 0.308 e. The van der Waals surface area contributed by atoms with E-state index in [2.05, 4.69) is 18.2 Å². The zero-order valence-electron chi connectivity index (χ0n) is 25.5.